The van der Waals surface area contributed by atoms with Crippen LogP contribution in [0.3, 0.4) is 0 Å². The van der Waals surface area contributed by atoms with Gasteiger partial charge in [0.05, 0.1) is 0 Å². The molecule has 0 bridgehead atoms. The SMILES string of the molecule is CCCCC(CC)C(=O)c1ccc(OC(C)(C)C)cc1. The van der Waals surface area contributed by atoms with E-state index in [1.807, 2.05) is 45.0 Å². The highest BCUT2D eigenvalue weighted by atomic mass is 16.5. The Morgan fingerprint density at radius 3 is 2.20 bits per heavy atom. The molecule has 0 heterocycles. The Morgan fingerprint density at radius 1 is 1.15 bits per heavy atom. The number of carbonyl (C=O) groups excluding carboxylic acids is 1. The van der Waals surface area contributed by atoms with Crippen molar-refractivity contribution in [1.82, 2.24) is 0 Å². The van der Waals surface area contributed by atoms with Crippen LogP contribution in [0.1, 0.15) is 70.7 Å². The molecule has 1 aromatic carbocycles. The van der Waals surface area contributed by atoms with E-state index in [-0.39, 0.29) is 17.3 Å². The molecule has 0 saturated carbocycles. The van der Waals surface area contributed by atoms with Crippen molar-refractivity contribution in [2.45, 2.75) is 65.9 Å². The Labute approximate surface area is 123 Å². The maximum Gasteiger partial charge on any atom is 0.165 e. The van der Waals surface area contributed by atoms with E-state index in [4.69, 9.17) is 4.74 Å². The van der Waals surface area contributed by atoms with Crippen molar-refractivity contribution in [2.24, 2.45) is 5.92 Å². The molecule has 1 unspecified atom stereocenters. The smallest absolute Gasteiger partial charge is 0.165 e. The number of carbonyl (C=O) groups is 1. The van der Waals surface area contributed by atoms with Crippen LogP contribution in [0.5, 0.6) is 5.75 Å². The number of ketones is 1. The molecule has 0 N–H and O–H groups in total. The highest BCUT2D eigenvalue weighted by Crippen LogP contribution is 2.22. The van der Waals surface area contributed by atoms with Crippen molar-refractivity contribution in [2.75, 3.05) is 0 Å². The van der Waals surface area contributed by atoms with Gasteiger partial charge in [0, 0.05) is 11.5 Å². The molecule has 2 nitrogen and oxygen atoms in total. The minimum absolute atomic E-state index is 0.157. The van der Waals surface area contributed by atoms with Gasteiger partial charge in [0.15, 0.2) is 5.78 Å². The maximum absolute atomic E-state index is 12.4. The van der Waals surface area contributed by atoms with E-state index in [1.54, 1.807) is 0 Å². The minimum Gasteiger partial charge on any atom is -0.488 e. The summed E-state index contributed by atoms with van der Waals surface area (Å²) in [6.07, 6.45) is 4.17. The number of hydrogen-bond donors (Lipinski definition) is 0. The van der Waals surface area contributed by atoms with Crippen molar-refractivity contribution in [3.8, 4) is 5.75 Å². The fourth-order valence-corrected chi connectivity index (χ4v) is 2.25. The highest BCUT2D eigenvalue weighted by molar-refractivity contribution is 5.97. The fourth-order valence-electron chi connectivity index (χ4n) is 2.25. The number of ether oxygens (including phenoxy) is 1. The van der Waals surface area contributed by atoms with Crippen molar-refractivity contribution in [3.05, 3.63) is 29.8 Å². The molecule has 0 aliphatic heterocycles. The van der Waals surface area contributed by atoms with Crippen LogP contribution >= 0.6 is 0 Å². The molecule has 1 aromatic rings. The number of benzene rings is 1. The van der Waals surface area contributed by atoms with E-state index in [1.165, 1.54) is 0 Å². The quantitative estimate of drug-likeness (QED) is 0.635. The summed E-state index contributed by atoms with van der Waals surface area (Å²) in [5.74, 6) is 1.24. The molecule has 0 aromatic heterocycles. The van der Waals surface area contributed by atoms with E-state index < -0.39 is 0 Å². The predicted molar refractivity (Wildman–Crippen MR) is 84.5 cm³/mol. The predicted octanol–water partition coefficient (Wildman–Crippen LogP) is 5.26. The van der Waals surface area contributed by atoms with Crippen LogP contribution in [0, 0.1) is 5.92 Å². The third kappa shape index (κ3) is 5.36. The Hall–Kier alpha value is -1.31. The Bertz CT molecular complexity index is 412. The topological polar surface area (TPSA) is 26.3 Å². The third-order valence-corrected chi connectivity index (χ3v) is 3.33. The lowest BCUT2D eigenvalue weighted by Gasteiger charge is -2.21. The van der Waals surface area contributed by atoms with Crippen LogP contribution in [0.4, 0.5) is 0 Å². The first kappa shape index (κ1) is 16.7. The largest absolute Gasteiger partial charge is 0.488 e. The zero-order chi connectivity index (χ0) is 15.2. The zero-order valence-corrected chi connectivity index (χ0v) is 13.5. The summed E-state index contributed by atoms with van der Waals surface area (Å²) in [6, 6.07) is 7.56. The van der Waals surface area contributed by atoms with Crippen LogP contribution in [0.15, 0.2) is 24.3 Å². The highest BCUT2D eigenvalue weighted by Gasteiger charge is 2.18. The monoisotopic (exact) mass is 276 g/mol. The first-order chi connectivity index (χ1) is 9.37. The van der Waals surface area contributed by atoms with Crippen molar-refractivity contribution >= 4 is 5.78 Å². The van der Waals surface area contributed by atoms with Gasteiger partial charge >= 0.3 is 0 Å². The fraction of sp³-hybridized carbons (Fsp3) is 0.611. The van der Waals surface area contributed by atoms with Gasteiger partial charge in [-0.15, -0.1) is 0 Å². The van der Waals surface area contributed by atoms with Gasteiger partial charge in [0.25, 0.3) is 0 Å². The third-order valence-electron chi connectivity index (χ3n) is 3.33. The molecule has 0 amide bonds. The van der Waals surface area contributed by atoms with Gasteiger partial charge in [-0.05, 0) is 57.9 Å². The summed E-state index contributed by atoms with van der Waals surface area (Å²) in [7, 11) is 0. The minimum atomic E-state index is -0.210. The van der Waals surface area contributed by atoms with E-state index in [0.29, 0.717) is 0 Å². The van der Waals surface area contributed by atoms with Crippen molar-refractivity contribution in [3.63, 3.8) is 0 Å². The Balaban J connectivity index is 2.74. The molecule has 0 spiro atoms. The van der Waals surface area contributed by atoms with Crippen LogP contribution in [-0.2, 0) is 0 Å². The normalized spacial score (nSPS) is 13.1. The summed E-state index contributed by atoms with van der Waals surface area (Å²) in [5.41, 5.74) is 0.590. The van der Waals surface area contributed by atoms with E-state index in [2.05, 4.69) is 13.8 Å². The van der Waals surface area contributed by atoms with Gasteiger partial charge < -0.3 is 4.74 Å². The van der Waals surface area contributed by atoms with Crippen LogP contribution < -0.4 is 4.74 Å². The molecule has 1 atom stereocenters. The van der Waals surface area contributed by atoms with Crippen molar-refractivity contribution in [1.29, 1.82) is 0 Å². The second-order valence-corrected chi connectivity index (χ2v) is 6.35. The van der Waals surface area contributed by atoms with Gasteiger partial charge in [-0.3, -0.25) is 4.79 Å². The van der Waals surface area contributed by atoms with Crippen LogP contribution in [-0.4, -0.2) is 11.4 Å². The van der Waals surface area contributed by atoms with E-state index >= 15 is 0 Å². The summed E-state index contributed by atoms with van der Waals surface area (Å²) in [6.45, 7) is 10.3. The summed E-state index contributed by atoms with van der Waals surface area (Å²) < 4.78 is 5.78. The second kappa shape index (κ2) is 7.47. The van der Waals surface area contributed by atoms with Gasteiger partial charge in [-0.25, -0.2) is 0 Å². The summed E-state index contributed by atoms with van der Waals surface area (Å²) in [4.78, 5) is 12.4. The van der Waals surface area contributed by atoms with Gasteiger partial charge in [0.1, 0.15) is 11.4 Å². The summed E-state index contributed by atoms with van der Waals surface area (Å²) >= 11 is 0. The Morgan fingerprint density at radius 2 is 1.75 bits per heavy atom. The van der Waals surface area contributed by atoms with E-state index in [0.717, 1.165) is 37.0 Å². The molecular weight excluding hydrogens is 248 g/mol. The molecule has 0 aliphatic carbocycles. The first-order valence-electron chi connectivity index (χ1n) is 7.70. The lowest BCUT2D eigenvalue weighted by atomic mass is 9.90. The molecule has 20 heavy (non-hydrogen) atoms. The van der Waals surface area contributed by atoms with Gasteiger partial charge in [-0.1, -0.05) is 26.7 Å². The first-order valence-corrected chi connectivity index (χ1v) is 7.70. The lowest BCUT2D eigenvalue weighted by molar-refractivity contribution is 0.0908. The Kier molecular flexibility index (Phi) is 6.25. The standard InChI is InChI=1S/C18H28O2/c1-6-8-9-14(7-2)17(19)15-10-12-16(13-11-15)20-18(3,4)5/h10-14H,6-9H2,1-5H3. The van der Waals surface area contributed by atoms with E-state index in [9.17, 15) is 4.79 Å². The molecule has 0 fully saturated rings. The zero-order valence-electron chi connectivity index (χ0n) is 13.5. The summed E-state index contributed by atoms with van der Waals surface area (Å²) in [5, 5.41) is 0. The van der Waals surface area contributed by atoms with Crippen LogP contribution in [0.25, 0.3) is 0 Å². The molecule has 0 aliphatic rings. The molecular formula is C18H28O2. The van der Waals surface area contributed by atoms with Gasteiger partial charge in [-0.2, -0.15) is 0 Å². The molecule has 0 saturated heterocycles. The molecule has 112 valence electrons. The van der Waals surface area contributed by atoms with Crippen molar-refractivity contribution < 1.29 is 9.53 Å². The number of hydrogen-bond acceptors (Lipinski definition) is 2. The lowest BCUT2D eigenvalue weighted by Crippen LogP contribution is -2.23. The number of unbranched alkanes of at least 4 members (excludes halogenated alkanes) is 1. The molecule has 2 heteroatoms. The molecule has 1 rings (SSSR count). The molecule has 0 radical (unpaired) electrons. The maximum atomic E-state index is 12.4. The average molecular weight is 276 g/mol. The van der Waals surface area contributed by atoms with Crippen LogP contribution in [0.2, 0.25) is 0 Å². The second-order valence-electron chi connectivity index (χ2n) is 6.35. The number of rotatable bonds is 7. The number of Topliss-reactive ketones (excluding diaryl/α,β-unsaturated/α-hetero) is 1. The van der Waals surface area contributed by atoms with Gasteiger partial charge in [0.2, 0.25) is 0 Å². The average Bonchev–Trinajstić information content (AvgIpc) is 2.38.